The summed E-state index contributed by atoms with van der Waals surface area (Å²) in [6.45, 7) is -0.394. The van der Waals surface area contributed by atoms with Crippen molar-refractivity contribution in [2.75, 3.05) is 20.2 Å². The van der Waals surface area contributed by atoms with Gasteiger partial charge in [0.25, 0.3) is 10.0 Å². The molecule has 0 fully saturated rings. The van der Waals surface area contributed by atoms with Gasteiger partial charge >= 0.3 is 12.1 Å². The number of rotatable bonds is 6. The van der Waals surface area contributed by atoms with E-state index in [1.807, 2.05) is 0 Å². The van der Waals surface area contributed by atoms with Crippen LogP contribution >= 0.6 is 11.3 Å². The van der Waals surface area contributed by atoms with Crippen molar-refractivity contribution in [2.45, 2.75) is 23.7 Å². The lowest BCUT2D eigenvalue weighted by molar-refractivity contribution is -0.136. The van der Waals surface area contributed by atoms with Crippen molar-refractivity contribution < 1.29 is 31.1 Å². The molecule has 1 aromatic rings. The van der Waals surface area contributed by atoms with Gasteiger partial charge < -0.3 is 4.74 Å². The van der Waals surface area contributed by atoms with E-state index >= 15 is 0 Å². The number of alkyl halides is 3. The highest BCUT2D eigenvalue weighted by Gasteiger charge is 2.39. The molecule has 0 aliphatic heterocycles. The van der Waals surface area contributed by atoms with Gasteiger partial charge in [-0.3, -0.25) is 0 Å². The fourth-order valence-electron chi connectivity index (χ4n) is 1.50. The van der Waals surface area contributed by atoms with Crippen LogP contribution in [-0.4, -0.2) is 50.1 Å². The number of carbonyl (C=O) groups excluding carboxylic acids is 1. The molecular formula is C10H13F3N2O4S2. The molecule has 120 valence electrons. The monoisotopic (exact) mass is 346 g/mol. The maximum Gasteiger partial charge on any atom is 0.402 e. The Balaban J connectivity index is 3.24. The van der Waals surface area contributed by atoms with Crippen LogP contribution in [0.25, 0.3) is 0 Å². The van der Waals surface area contributed by atoms with Crippen molar-refractivity contribution in [3.8, 4) is 0 Å². The number of hydrogen-bond acceptors (Lipinski definition) is 6. The van der Waals surface area contributed by atoms with E-state index < -0.39 is 38.6 Å². The fourth-order valence-corrected chi connectivity index (χ4v) is 4.29. The van der Waals surface area contributed by atoms with Crippen molar-refractivity contribution in [1.29, 1.82) is 0 Å². The number of nitrogens with zero attached hydrogens (tertiary/aromatic N) is 2. The lowest BCUT2D eigenvalue weighted by Gasteiger charge is -2.22. The van der Waals surface area contributed by atoms with Crippen molar-refractivity contribution in [3.63, 3.8) is 0 Å². The topological polar surface area (TPSA) is 76.6 Å². The van der Waals surface area contributed by atoms with Gasteiger partial charge in [0.05, 0.1) is 12.6 Å². The summed E-state index contributed by atoms with van der Waals surface area (Å²) >= 11 is 0.571. The first-order chi connectivity index (χ1) is 9.63. The lowest BCUT2D eigenvalue weighted by Crippen LogP contribution is -2.39. The third-order valence-electron chi connectivity index (χ3n) is 2.32. The van der Waals surface area contributed by atoms with Gasteiger partial charge in [-0.15, -0.1) is 11.3 Å². The second kappa shape index (κ2) is 6.71. The molecule has 0 aliphatic carbocycles. The van der Waals surface area contributed by atoms with Gasteiger partial charge in [-0.1, -0.05) is 6.92 Å². The van der Waals surface area contributed by atoms with Crippen LogP contribution in [-0.2, 0) is 14.8 Å². The second-order valence-corrected chi connectivity index (χ2v) is 6.92. The minimum absolute atomic E-state index is 0.196. The summed E-state index contributed by atoms with van der Waals surface area (Å²) in [5.41, 5.74) is 0.558. The molecule has 0 bridgehead atoms. The SMILES string of the molecule is CCCN(CC(F)(F)F)S(=O)(=O)c1scnc1C(=O)OC. The smallest absolute Gasteiger partial charge is 0.402 e. The molecule has 0 atom stereocenters. The average molecular weight is 346 g/mol. The first-order valence-electron chi connectivity index (χ1n) is 5.72. The number of halogens is 3. The molecule has 11 heteroatoms. The predicted octanol–water partition coefficient (Wildman–Crippen LogP) is 1.89. The molecule has 0 unspecified atom stereocenters. The Kier molecular flexibility index (Phi) is 5.70. The molecule has 0 saturated heterocycles. The molecule has 0 radical (unpaired) electrons. The van der Waals surface area contributed by atoms with Gasteiger partial charge in [0.15, 0.2) is 9.90 Å². The second-order valence-electron chi connectivity index (χ2n) is 3.93. The van der Waals surface area contributed by atoms with Gasteiger partial charge in [0, 0.05) is 6.54 Å². The highest BCUT2D eigenvalue weighted by molar-refractivity contribution is 7.91. The Morgan fingerprint density at radius 3 is 2.57 bits per heavy atom. The van der Waals surface area contributed by atoms with E-state index in [9.17, 15) is 26.4 Å². The Morgan fingerprint density at radius 2 is 2.10 bits per heavy atom. The molecule has 0 saturated carbocycles. The Hall–Kier alpha value is -1.20. The highest BCUT2D eigenvalue weighted by atomic mass is 32.2. The summed E-state index contributed by atoms with van der Waals surface area (Å²) in [7, 11) is -3.44. The maximum atomic E-state index is 12.5. The van der Waals surface area contributed by atoms with E-state index in [-0.39, 0.29) is 17.3 Å². The first kappa shape index (κ1) is 17.9. The number of sulfonamides is 1. The van der Waals surface area contributed by atoms with E-state index in [2.05, 4.69) is 9.72 Å². The zero-order chi connectivity index (χ0) is 16.3. The number of carbonyl (C=O) groups is 1. The van der Waals surface area contributed by atoms with E-state index in [1.54, 1.807) is 6.92 Å². The van der Waals surface area contributed by atoms with Gasteiger partial charge in [-0.25, -0.2) is 18.2 Å². The molecule has 21 heavy (non-hydrogen) atoms. The van der Waals surface area contributed by atoms with E-state index in [0.29, 0.717) is 11.3 Å². The molecule has 0 amide bonds. The zero-order valence-corrected chi connectivity index (χ0v) is 12.8. The number of esters is 1. The van der Waals surface area contributed by atoms with Crippen molar-refractivity contribution in [3.05, 3.63) is 11.2 Å². The van der Waals surface area contributed by atoms with Gasteiger partial charge in [0.2, 0.25) is 0 Å². The Labute approximate surface area is 123 Å². The van der Waals surface area contributed by atoms with E-state index in [1.165, 1.54) is 0 Å². The Bertz CT molecular complexity index is 598. The summed E-state index contributed by atoms with van der Waals surface area (Å²) in [5.74, 6) is -1.02. The third-order valence-corrected chi connectivity index (χ3v) is 5.51. The maximum absolute atomic E-state index is 12.5. The number of hydrogen-bond donors (Lipinski definition) is 0. The zero-order valence-electron chi connectivity index (χ0n) is 11.2. The molecule has 0 aromatic carbocycles. The van der Waals surface area contributed by atoms with Crippen LogP contribution < -0.4 is 0 Å². The lowest BCUT2D eigenvalue weighted by atomic mass is 10.5. The van der Waals surface area contributed by atoms with Crippen LogP contribution in [0.15, 0.2) is 9.72 Å². The van der Waals surface area contributed by atoms with Gasteiger partial charge in [0.1, 0.15) is 6.54 Å². The van der Waals surface area contributed by atoms with Gasteiger partial charge in [-0.2, -0.15) is 17.5 Å². The standard InChI is InChI=1S/C10H13F3N2O4S2/c1-3-4-15(5-10(11,12)13)21(17,18)9-7(8(16)19-2)14-6-20-9/h6H,3-5H2,1-2H3. The summed E-state index contributed by atoms with van der Waals surface area (Å²) < 4.78 is 66.2. The summed E-state index contributed by atoms with van der Waals surface area (Å²) in [6, 6.07) is 0. The van der Waals surface area contributed by atoms with Crippen molar-refractivity contribution >= 4 is 27.3 Å². The molecule has 6 nitrogen and oxygen atoms in total. The minimum atomic E-state index is -4.68. The van der Waals surface area contributed by atoms with Gasteiger partial charge in [-0.05, 0) is 6.42 Å². The van der Waals surface area contributed by atoms with Crippen molar-refractivity contribution in [1.82, 2.24) is 9.29 Å². The highest BCUT2D eigenvalue weighted by Crippen LogP contribution is 2.27. The summed E-state index contributed by atoms with van der Waals surface area (Å²) in [5, 5.41) is 0. The third kappa shape index (κ3) is 4.38. The van der Waals surface area contributed by atoms with Crippen LogP contribution in [0.3, 0.4) is 0 Å². The van der Waals surface area contributed by atoms with Crippen LogP contribution in [0.1, 0.15) is 23.8 Å². The Morgan fingerprint density at radius 1 is 1.48 bits per heavy atom. The molecule has 1 heterocycles. The fraction of sp³-hybridized carbons (Fsp3) is 0.600. The average Bonchev–Trinajstić information content (AvgIpc) is 2.85. The number of thiazole rings is 1. The first-order valence-corrected chi connectivity index (χ1v) is 8.04. The number of ether oxygens (including phenoxy) is 1. The summed E-state index contributed by atoms with van der Waals surface area (Å²) in [4.78, 5) is 15.0. The largest absolute Gasteiger partial charge is 0.464 e. The van der Waals surface area contributed by atoms with Crippen LogP contribution in [0, 0.1) is 0 Å². The normalized spacial score (nSPS) is 12.7. The van der Waals surface area contributed by atoms with Crippen LogP contribution in [0.5, 0.6) is 0 Å². The molecule has 0 aliphatic rings. The van der Waals surface area contributed by atoms with Crippen LogP contribution in [0.4, 0.5) is 13.2 Å². The summed E-state index contributed by atoms with van der Waals surface area (Å²) in [6.07, 6.45) is -4.49. The van der Waals surface area contributed by atoms with E-state index in [0.717, 1.165) is 12.6 Å². The van der Waals surface area contributed by atoms with Crippen molar-refractivity contribution in [2.24, 2.45) is 0 Å². The predicted molar refractivity (Wildman–Crippen MR) is 68.6 cm³/mol. The molecule has 0 spiro atoms. The molecule has 1 rings (SSSR count). The minimum Gasteiger partial charge on any atom is -0.464 e. The number of aromatic nitrogens is 1. The van der Waals surface area contributed by atoms with Crippen LogP contribution in [0.2, 0.25) is 0 Å². The molecular weight excluding hydrogens is 333 g/mol. The van der Waals surface area contributed by atoms with E-state index in [4.69, 9.17) is 0 Å². The number of methoxy groups -OCH3 is 1. The molecule has 1 aromatic heterocycles. The molecule has 0 N–H and O–H groups in total. The quantitative estimate of drug-likeness (QED) is 0.735.